The first-order valence-corrected chi connectivity index (χ1v) is 8.94. The van der Waals surface area contributed by atoms with Gasteiger partial charge in [0.1, 0.15) is 0 Å². The van der Waals surface area contributed by atoms with E-state index in [1.165, 1.54) is 33.3 Å². The Morgan fingerprint density at radius 3 is 2.22 bits per heavy atom. The molecule has 0 aliphatic heterocycles. The molecule has 8 nitrogen and oxygen atoms in total. The minimum Gasteiger partial charge on any atom is -0.493 e. The predicted octanol–water partition coefficient (Wildman–Crippen LogP) is 2.25. The lowest BCUT2D eigenvalue weighted by molar-refractivity contribution is -0.125. The van der Waals surface area contributed by atoms with Gasteiger partial charge in [0.2, 0.25) is 5.91 Å². The second kappa shape index (κ2) is 9.25. The van der Waals surface area contributed by atoms with Crippen molar-refractivity contribution < 1.29 is 28.6 Å². The van der Waals surface area contributed by atoms with Crippen LogP contribution in [0, 0.1) is 5.92 Å². The van der Waals surface area contributed by atoms with E-state index in [0.29, 0.717) is 11.5 Å². The van der Waals surface area contributed by atoms with Crippen LogP contribution in [0.4, 0.5) is 5.69 Å². The number of rotatable bonds is 7. The van der Waals surface area contributed by atoms with Gasteiger partial charge in [0.05, 0.1) is 25.5 Å². The Balaban J connectivity index is 2.33. The molecule has 0 radical (unpaired) electrons. The number of amides is 2. The molecule has 2 amide bonds. The zero-order valence-electron chi connectivity index (χ0n) is 15.9. The summed E-state index contributed by atoms with van der Waals surface area (Å²) in [5.41, 5.74) is 5.45. The lowest BCUT2D eigenvalue weighted by atomic mass is 9.88. The molecule has 0 aromatic heterocycles. The first-order valence-electron chi connectivity index (χ1n) is 8.94. The van der Waals surface area contributed by atoms with E-state index < -0.39 is 18.0 Å². The van der Waals surface area contributed by atoms with Gasteiger partial charge in [-0.2, -0.15) is 0 Å². The number of hydrogen-bond donors (Lipinski definition) is 2. The third-order valence-corrected chi connectivity index (χ3v) is 4.66. The van der Waals surface area contributed by atoms with E-state index in [4.69, 9.17) is 19.9 Å². The van der Waals surface area contributed by atoms with Crippen molar-refractivity contribution >= 4 is 23.5 Å². The highest BCUT2D eigenvalue weighted by Gasteiger charge is 2.26. The van der Waals surface area contributed by atoms with E-state index >= 15 is 0 Å². The smallest absolute Gasteiger partial charge is 0.341 e. The van der Waals surface area contributed by atoms with Crippen molar-refractivity contribution in [1.29, 1.82) is 0 Å². The minimum atomic E-state index is -1.10. The van der Waals surface area contributed by atoms with Crippen molar-refractivity contribution in [3.05, 3.63) is 17.7 Å². The van der Waals surface area contributed by atoms with Gasteiger partial charge in [-0.3, -0.25) is 9.59 Å². The van der Waals surface area contributed by atoms with Gasteiger partial charge < -0.3 is 25.3 Å². The van der Waals surface area contributed by atoms with Gasteiger partial charge in [-0.25, -0.2) is 4.79 Å². The molecule has 1 fully saturated rings. The van der Waals surface area contributed by atoms with Gasteiger partial charge in [-0.05, 0) is 19.8 Å². The minimum absolute atomic E-state index is 0.0601. The molecular weight excluding hydrogens is 352 g/mol. The maximum absolute atomic E-state index is 12.6. The van der Waals surface area contributed by atoms with E-state index in [1.807, 2.05) is 0 Å². The molecular formula is C19H26N2O6. The van der Waals surface area contributed by atoms with Crippen LogP contribution in [0.3, 0.4) is 0 Å². The topological polar surface area (TPSA) is 117 Å². The molecule has 0 saturated heterocycles. The van der Waals surface area contributed by atoms with Crippen molar-refractivity contribution in [2.45, 2.75) is 45.1 Å². The highest BCUT2D eigenvalue weighted by Crippen LogP contribution is 2.35. The number of nitrogens with two attached hydrogens (primary N) is 1. The molecule has 1 aliphatic carbocycles. The predicted molar refractivity (Wildman–Crippen MR) is 98.8 cm³/mol. The Kier molecular flexibility index (Phi) is 7.04. The van der Waals surface area contributed by atoms with E-state index in [9.17, 15) is 14.4 Å². The second-order valence-electron chi connectivity index (χ2n) is 6.53. The van der Waals surface area contributed by atoms with Crippen LogP contribution in [0.2, 0.25) is 0 Å². The summed E-state index contributed by atoms with van der Waals surface area (Å²) in [5.74, 6) is -1.15. The number of ether oxygens (including phenoxy) is 3. The summed E-state index contributed by atoms with van der Waals surface area (Å²) in [6, 6.07) is 2.91. The Bertz CT molecular complexity index is 712. The fourth-order valence-corrected chi connectivity index (χ4v) is 3.03. The number of carbonyl (C=O) groups excluding carboxylic acids is 3. The average molecular weight is 378 g/mol. The fourth-order valence-electron chi connectivity index (χ4n) is 3.03. The number of nitrogens with one attached hydrogen (secondary N) is 1. The normalized spacial score (nSPS) is 15.5. The van der Waals surface area contributed by atoms with Crippen molar-refractivity contribution in [3.8, 4) is 11.5 Å². The summed E-state index contributed by atoms with van der Waals surface area (Å²) in [5, 5.41) is 2.80. The number of methoxy groups -OCH3 is 2. The number of anilines is 1. The number of benzene rings is 1. The Labute approximate surface area is 158 Å². The monoisotopic (exact) mass is 378 g/mol. The Morgan fingerprint density at radius 1 is 1.07 bits per heavy atom. The standard InChI is InChI=1S/C19H26N2O6/c1-11(17(20)22)27-19(24)13-9-15(25-2)16(26-3)10-14(13)21-18(23)12-7-5-4-6-8-12/h9-12H,4-8H2,1-3H3,(H2,20,22)(H,21,23)/t11-/m1/s1. The van der Waals surface area contributed by atoms with Crippen LogP contribution in [0.1, 0.15) is 49.4 Å². The lowest BCUT2D eigenvalue weighted by Gasteiger charge is -2.22. The van der Waals surface area contributed by atoms with Gasteiger partial charge in [0, 0.05) is 18.1 Å². The quantitative estimate of drug-likeness (QED) is 0.703. The SMILES string of the molecule is COc1cc(NC(=O)C2CCCCC2)c(C(=O)O[C@H](C)C(N)=O)cc1OC. The summed E-state index contributed by atoms with van der Waals surface area (Å²) in [7, 11) is 2.89. The van der Waals surface area contributed by atoms with Crippen LogP contribution in [-0.4, -0.2) is 38.1 Å². The van der Waals surface area contributed by atoms with Crippen LogP contribution in [-0.2, 0) is 14.3 Å². The number of carbonyl (C=O) groups is 3. The Hall–Kier alpha value is -2.77. The summed E-state index contributed by atoms with van der Waals surface area (Å²) in [6.07, 6.45) is 3.68. The number of esters is 1. The first-order chi connectivity index (χ1) is 12.9. The molecule has 0 unspecified atom stereocenters. The first kappa shape index (κ1) is 20.5. The van der Waals surface area contributed by atoms with E-state index in [-0.39, 0.29) is 23.1 Å². The van der Waals surface area contributed by atoms with E-state index in [2.05, 4.69) is 5.32 Å². The van der Waals surface area contributed by atoms with Gasteiger partial charge in [-0.1, -0.05) is 19.3 Å². The molecule has 3 N–H and O–H groups in total. The van der Waals surface area contributed by atoms with Gasteiger partial charge in [-0.15, -0.1) is 0 Å². The van der Waals surface area contributed by atoms with Crippen LogP contribution in [0.5, 0.6) is 11.5 Å². The fraction of sp³-hybridized carbons (Fsp3) is 0.526. The van der Waals surface area contributed by atoms with Crippen LogP contribution < -0.4 is 20.5 Å². The summed E-state index contributed by atoms with van der Waals surface area (Å²) in [4.78, 5) is 36.3. The Morgan fingerprint density at radius 2 is 1.67 bits per heavy atom. The summed E-state index contributed by atoms with van der Waals surface area (Å²) < 4.78 is 15.6. The van der Waals surface area contributed by atoms with Gasteiger partial charge in [0.25, 0.3) is 5.91 Å². The van der Waals surface area contributed by atoms with Crippen molar-refractivity contribution in [3.63, 3.8) is 0 Å². The maximum Gasteiger partial charge on any atom is 0.341 e. The number of primary amides is 1. The molecule has 148 valence electrons. The number of hydrogen-bond acceptors (Lipinski definition) is 6. The zero-order valence-corrected chi connectivity index (χ0v) is 15.9. The summed E-state index contributed by atoms with van der Waals surface area (Å²) >= 11 is 0. The molecule has 0 spiro atoms. The van der Waals surface area contributed by atoms with Crippen molar-refractivity contribution in [2.24, 2.45) is 11.7 Å². The molecule has 2 rings (SSSR count). The van der Waals surface area contributed by atoms with Crippen LogP contribution in [0.15, 0.2) is 12.1 Å². The molecule has 27 heavy (non-hydrogen) atoms. The third kappa shape index (κ3) is 5.12. The van der Waals surface area contributed by atoms with Crippen molar-refractivity contribution in [2.75, 3.05) is 19.5 Å². The van der Waals surface area contributed by atoms with Crippen LogP contribution >= 0.6 is 0 Å². The van der Waals surface area contributed by atoms with Gasteiger partial charge in [0.15, 0.2) is 17.6 Å². The molecule has 0 bridgehead atoms. The van der Waals surface area contributed by atoms with Gasteiger partial charge >= 0.3 is 5.97 Å². The highest BCUT2D eigenvalue weighted by atomic mass is 16.5. The molecule has 1 aromatic carbocycles. The highest BCUT2D eigenvalue weighted by molar-refractivity contribution is 6.03. The zero-order chi connectivity index (χ0) is 20.0. The molecule has 1 saturated carbocycles. The third-order valence-electron chi connectivity index (χ3n) is 4.66. The molecule has 1 atom stereocenters. The van der Waals surface area contributed by atoms with E-state index in [1.54, 1.807) is 0 Å². The maximum atomic E-state index is 12.6. The molecule has 8 heteroatoms. The van der Waals surface area contributed by atoms with Crippen LogP contribution in [0.25, 0.3) is 0 Å². The lowest BCUT2D eigenvalue weighted by Crippen LogP contribution is -2.31. The molecule has 1 aliphatic rings. The molecule has 1 aromatic rings. The largest absolute Gasteiger partial charge is 0.493 e. The average Bonchev–Trinajstić information content (AvgIpc) is 2.67. The van der Waals surface area contributed by atoms with E-state index in [0.717, 1.165) is 32.1 Å². The second-order valence-corrected chi connectivity index (χ2v) is 6.53. The molecule has 0 heterocycles. The van der Waals surface area contributed by atoms with Crippen molar-refractivity contribution in [1.82, 2.24) is 0 Å². The summed E-state index contributed by atoms with van der Waals surface area (Å²) in [6.45, 7) is 1.38.